The molecule has 0 bridgehead atoms. The standard InChI is InChI=1S/C27H23N3O2/c1-32-17-18-13-14-22-23(16-18)20-10-5-6-11-21(20)26(22)30-27(31)29-24-12-7-15-28-25(24)19-8-3-2-4-9-19/h2-16,26H,17H2,1H3,(H2,29,30,31). The molecule has 1 atom stereocenters. The predicted molar refractivity (Wildman–Crippen MR) is 126 cm³/mol. The smallest absolute Gasteiger partial charge is 0.320 e. The molecule has 4 aromatic rings. The van der Waals surface area contributed by atoms with Gasteiger partial charge in [-0.1, -0.05) is 66.7 Å². The lowest BCUT2D eigenvalue weighted by Gasteiger charge is -2.18. The number of fused-ring (bicyclic) bond motifs is 3. The van der Waals surface area contributed by atoms with Gasteiger partial charge in [-0.2, -0.15) is 0 Å². The van der Waals surface area contributed by atoms with Crippen molar-refractivity contribution in [3.63, 3.8) is 0 Å². The number of hydrogen-bond acceptors (Lipinski definition) is 3. The summed E-state index contributed by atoms with van der Waals surface area (Å²) < 4.78 is 5.30. The van der Waals surface area contributed by atoms with Crippen molar-refractivity contribution in [2.45, 2.75) is 12.6 Å². The Balaban J connectivity index is 1.43. The van der Waals surface area contributed by atoms with E-state index in [0.717, 1.165) is 39.1 Å². The highest BCUT2D eigenvalue weighted by Crippen LogP contribution is 2.43. The first-order valence-corrected chi connectivity index (χ1v) is 10.5. The molecule has 2 amide bonds. The van der Waals surface area contributed by atoms with E-state index in [1.54, 1.807) is 13.3 Å². The molecule has 158 valence electrons. The zero-order chi connectivity index (χ0) is 21.9. The van der Waals surface area contributed by atoms with E-state index in [-0.39, 0.29) is 12.1 Å². The monoisotopic (exact) mass is 421 g/mol. The quantitative estimate of drug-likeness (QED) is 0.429. The Morgan fingerprint density at radius 3 is 2.53 bits per heavy atom. The minimum Gasteiger partial charge on any atom is -0.380 e. The number of carbonyl (C=O) groups is 1. The van der Waals surface area contributed by atoms with Gasteiger partial charge in [0.25, 0.3) is 0 Å². The van der Waals surface area contributed by atoms with Gasteiger partial charge in [-0.05, 0) is 46.0 Å². The summed E-state index contributed by atoms with van der Waals surface area (Å²) in [6.45, 7) is 0.553. The number of benzene rings is 3. The second-order valence-corrected chi connectivity index (χ2v) is 7.74. The van der Waals surface area contributed by atoms with Crippen molar-refractivity contribution >= 4 is 11.7 Å². The summed E-state index contributed by atoms with van der Waals surface area (Å²) in [5.74, 6) is 0. The van der Waals surface area contributed by atoms with Crippen LogP contribution >= 0.6 is 0 Å². The van der Waals surface area contributed by atoms with Gasteiger partial charge in [-0.3, -0.25) is 4.98 Å². The highest BCUT2D eigenvalue weighted by Gasteiger charge is 2.30. The molecule has 0 saturated heterocycles. The van der Waals surface area contributed by atoms with Crippen molar-refractivity contribution in [1.29, 1.82) is 0 Å². The molecule has 0 spiro atoms. The fourth-order valence-corrected chi connectivity index (χ4v) is 4.28. The molecule has 3 aromatic carbocycles. The molecule has 2 N–H and O–H groups in total. The number of urea groups is 1. The van der Waals surface area contributed by atoms with Crippen molar-refractivity contribution in [1.82, 2.24) is 10.3 Å². The van der Waals surface area contributed by atoms with Crippen molar-refractivity contribution < 1.29 is 9.53 Å². The predicted octanol–water partition coefficient (Wildman–Crippen LogP) is 5.79. The van der Waals surface area contributed by atoms with Crippen LogP contribution in [0.4, 0.5) is 10.5 Å². The Labute approximate surface area is 187 Å². The second-order valence-electron chi connectivity index (χ2n) is 7.74. The molecule has 1 unspecified atom stereocenters. The number of rotatable bonds is 5. The summed E-state index contributed by atoms with van der Waals surface area (Å²) in [7, 11) is 1.69. The summed E-state index contributed by atoms with van der Waals surface area (Å²) in [4.78, 5) is 17.5. The van der Waals surface area contributed by atoms with Gasteiger partial charge in [-0.15, -0.1) is 0 Å². The molecule has 5 rings (SSSR count). The third-order valence-corrected chi connectivity index (χ3v) is 5.68. The molecule has 32 heavy (non-hydrogen) atoms. The Bertz CT molecular complexity index is 1270. The Morgan fingerprint density at radius 2 is 1.69 bits per heavy atom. The molecule has 1 aliphatic rings. The van der Waals surface area contributed by atoms with Gasteiger partial charge < -0.3 is 15.4 Å². The number of aromatic nitrogens is 1. The lowest BCUT2D eigenvalue weighted by Crippen LogP contribution is -2.32. The van der Waals surface area contributed by atoms with Crippen LogP contribution in [0.1, 0.15) is 22.7 Å². The van der Waals surface area contributed by atoms with Crippen LogP contribution in [0.3, 0.4) is 0 Å². The highest BCUT2D eigenvalue weighted by atomic mass is 16.5. The van der Waals surface area contributed by atoms with Crippen molar-refractivity contribution in [3.8, 4) is 22.4 Å². The lowest BCUT2D eigenvalue weighted by atomic mass is 10.0. The van der Waals surface area contributed by atoms with Crippen LogP contribution in [0.15, 0.2) is 91.1 Å². The van der Waals surface area contributed by atoms with E-state index in [4.69, 9.17) is 4.74 Å². The van der Waals surface area contributed by atoms with Crippen LogP contribution in [0.5, 0.6) is 0 Å². The zero-order valence-electron chi connectivity index (χ0n) is 17.7. The number of anilines is 1. The lowest BCUT2D eigenvalue weighted by molar-refractivity contribution is 0.185. The molecular formula is C27H23N3O2. The average molecular weight is 422 g/mol. The molecule has 1 aliphatic carbocycles. The fourth-order valence-electron chi connectivity index (χ4n) is 4.28. The van der Waals surface area contributed by atoms with Crippen molar-refractivity contribution in [2.75, 3.05) is 12.4 Å². The van der Waals surface area contributed by atoms with Gasteiger partial charge in [0.2, 0.25) is 0 Å². The first kappa shape index (κ1) is 20.0. The number of nitrogens with zero attached hydrogens (tertiary/aromatic N) is 1. The maximum atomic E-state index is 13.1. The van der Waals surface area contributed by atoms with E-state index in [2.05, 4.69) is 45.9 Å². The van der Waals surface area contributed by atoms with Gasteiger partial charge in [-0.25, -0.2) is 4.79 Å². The first-order valence-electron chi connectivity index (χ1n) is 10.5. The maximum Gasteiger partial charge on any atom is 0.320 e. The van der Waals surface area contributed by atoms with Crippen molar-refractivity contribution in [3.05, 3.63) is 108 Å². The number of hydrogen-bond donors (Lipinski definition) is 2. The summed E-state index contributed by atoms with van der Waals surface area (Å²) in [6.07, 6.45) is 1.73. The number of ether oxygens (including phenoxy) is 1. The molecular weight excluding hydrogens is 398 g/mol. The Kier molecular flexibility index (Phi) is 5.40. The molecule has 1 aromatic heterocycles. The fraction of sp³-hybridized carbons (Fsp3) is 0.111. The first-order chi connectivity index (χ1) is 15.7. The van der Waals surface area contributed by atoms with Crippen LogP contribution < -0.4 is 10.6 Å². The second kappa shape index (κ2) is 8.65. The SMILES string of the molecule is COCc1ccc2c(c1)-c1ccccc1C2NC(=O)Nc1cccnc1-c1ccccc1. The van der Waals surface area contributed by atoms with Crippen LogP contribution in [0.25, 0.3) is 22.4 Å². The molecule has 0 fully saturated rings. The number of methoxy groups -OCH3 is 1. The van der Waals surface area contributed by atoms with E-state index >= 15 is 0 Å². The molecule has 0 radical (unpaired) electrons. The molecule has 0 aliphatic heterocycles. The number of pyridine rings is 1. The van der Waals surface area contributed by atoms with Gasteiger partial charge in [0.1, 0.15) is 0 Å². The van der Waals surface area contributed by atoms with Gasteiger partial charge in [0, 0.05) is 18.9 Å². The average Bonchev–Trinajstić information content (AvgIpc) is 3.13. The van der Waals surface area contributed by atoms with Crippen LogP contribution in [-0.4, -0.2) is 18.1 Å². The summed E-state index contributed by atoms with van der Waals surface area (Å²) in [5.41, 5.74) is 7.89. The van der Waals surface area contributed by atoms with Crippen LogP contribution in [-0.2, 0) is 11.3 Å². The summed E-state index contributed by atoms with van der Waals surface area (Å²) in [5, 5.41) is 6.16. The van der Waals surface area contributed by atoms with Crippen LogP contribution in [0.2, 0.25) is 0 Å². The Morgan fingerprint density at radius 1 is 0.906 bits per heavy atom. The molecule has 5 heteroatoms. The van der Waals surface area contributed by atoms with Gasteiger partial charge in [0.05, 0.1) is 24.0 Å². The number of amides is 2. The van der Waals surface area contributed by atoms with Crippen molar-refractivity contribution in [2.24, 2.45) is 0 Å². The topological polar surface area (TPSA) is 63.2 Å². The number of nitrogens with one attached hydrogen (secondary N) is 2. The Hall–Kier alpha value is -3.96. The highest BCUT2D eigenvalue weighted by molar-refractivity contribution is 5.94. The zero-order valence-corrected chi connectivity index (χ0v) is 17.7. The van der Waals surface area contributed by atoms with Gasteiger partial charge in [0.15, 0.2) is 0 Å². The van der Waals surface area contributed by atoms with E-state index in [1.807, 2.05) is 54.6 Å². The third kappa shape index (κ3) is 3.74. The van der Waals surface area contributed by atoms with E-state index < -0.39 is 0 Å². The molecule has 1 heterocycles. The normalized spacial score (nSPS) is 13.8. The largest absolute Gasteiger partial charge is 0.380 e. The summed E-state index contributed by atoms with van der Waals surface area (Å²) >= 11 is 0. The number of carbonyl (C=O) groups excluding carboxylic acids is 1. The van der Waals surface area contributed by atoms with E-state index in [9.17, 15) is 4.79 Å². The van der Waals surface area contributed by atoms with Crippen LogP contribution in [0, 0.1) is 0 Å². The third-order valence-electron chi connectivity index (χ3n) is 5.68. The van der Waals surface area contributed by atoms with E-state index in [0.29, 0.717) is 12.3 Å². The molecule has 0 saturated carbocycles. The summed E-state index contributed by atoms with van der Waals surface area (Å²) in [6, 6.07) is 27.5. The maximum absolute atomic E-state index is 13.1. The van der Waals surface area contributed by atoms with E-state index in [1.165, 1.54) is 0 Å². The molecule has 5 nitrogen and oxygen atoms in total. The minimum absolute atomic E-state index is 0.227. The van der Waals surface area contributed by atoms with Gasteiger partial charge >= 0.3 is 6.03 Å². The minimum atomic E-state index is -0.274.